The van der Waals surface area contributed by atoms with E-state index in [2.05, 4.69) is 4.74 Å². The molecular weight excluding hydrogens is 258 g/mol. The number of hydrogen-bond acceptors (Lipinski definition) is 4. The van der Waals surface area contributed by atoms with Crippen molar-refractivity contribution in [2.24, 2.45) is 0 Å². The van der Waals surface area contributed by atoms with Gasteiger partial charge in [-0.2, -0.15) is 0 Å². The summed E-state index contributed by atoms with van der Waals surface area (Å²) in [4.78, 5) is 23.2. The van der Waals surface area contributed by atoms with E-state index in [9.17, 15) is 18.4 Å². The number of carbonyl (C=O) groups excluding carboxylic acids is 2. The first-order chi connectivity index (χ1) is 8.82. The highest BCUT2D eigenvalue weighted by molar-refractivity contribution is 6.41. The highest BCUT2D eigenvalue weighted by Crippen LogP contribution is 2.37. The normalized spacial score (nSPS) is 11.0. The average molecular weight is 272 g/mol. The minimum atomic E-state index is -3.32. The summed E-state index contributed by atoms with van der Waals surface area (Å²) in [7, 11) is 1.21. The lowest BCUT2D eigenvalue weighted by molar-refractivity contribution is -0.137. The molecule has 19 heavy (non-hydrogen) atoms. The fourth-order valence-corrected chi connectivity index (χ4v) is 1.65. The van der Waals surface area contributed by atoms with Crippen LogP contribution >= 0.6 is 0 Å². The van der Waals surface area contributed by atoms with Gasteiger partial charge in [-0.15, -0.1) is 0 Å². The van der Waals surface area contributed by atoms with Crippen molar-refractivity contribution in [3.05, 3.63) is 29.3 Å². The van der Waals surface area contributed by atoms with E-state index in [1.807, 2.05) is 0 Å². The Kier molecular flexibility index (Phi) is 4.58. The van der Waals surface area contributed by atoms with Crippen LogP contribution in [-0.4, -0.2) is 25.5 Å². The molecule has 0 N–H and O–H groups in total. The number of benzene rings is 1. The van der Waals surface area contributed by atoms with Gasteiger partial charge >= 0.3 is 5.97 Å². The summed E-state index contributed by atoms with van der Waals surface area (Å²) in [5, 5.41) is 0. The zero-order valence-corrected chi connectivity index (χ0v) is 10.8. The van der Waals surface area contributed by atoms with Crippen molar-refractivity contribution >= 4 is 11.8 Å². The van der Waals surface area contributed by atoms with E-state index in [0.29, 0.717) is 6.92 Å². The maximum absolute atomic E-state index is 13.6. The second-order valence-corrected chi connectivity index (χ2v) is 3.82. The van der Waals surface area contributed by atoms with E-state index in [4.69, 9.17) is 4.74 Å². The first kappa shape index (κ1) is 15.1. The van der Waals surface area contributed by atoms with Gasteiger partial charge in [0.05, 0.1) is 19.3 Å². The zero-order chi connectivity index (χ0) is 14.6. The van der Waals surface area contributed by atoms with Crippen molar-refractivity contribution in [2.45, 2.75) is 19.8 Å². The molecule has 0 atom stereocenters. The molecular formula is C13H14F2O4. The average Bonchev–Trinajstić information content (AvgIpc) is 2.36. The van der Waals surface area contributed by atoms with E-state index in [1.54, 1.807) is 0 Å². The third-order valence-electron chi connectivity index (χ3n) is 2.39. The molecule has 0 saturated carbocycles. The summed E-state index contributed by atoms with van der Waals surface area (Å²) in [5.74, 6) is -5.74. The van der Waals surface area contributed by atoms with Crippen LogP contribution in [0.25, 0.3) is 0 Å². The predicted octanol–water partition coefficient (Wildman–Crippen LogP) is 2.55. The Labute approximate surface area is 109 Å². The second-order valence-electron chi connectivity index (χ2n) is 3.82. The molecule has 0 aromatic heterocycles. The molecule has 0 heterocycles. The van der Waals surface area contributed by atoms with Gasteiger partial charge in [0.25, 0.3) is 11.7 Å². The van der Waals surface area contributed by atoms with Crippen molar-refractivity contribution in [1.82, 2.24) is 0 Å². The van der Waals surface area contributed by atoms with Gasteiger partial charge < -0.3 is 9.47 Å². The molecule has 0 bridgehead atoms. The van der Waals surface area contributed by atoms with Crippen LogP contribution in [0.5, 0.6) is 5.75 Å². The Morgan fingerprint density at radius 2 is 1.95 bits per heavy atom. The lowest BCUT2D eigenvalue weighted by Crippen LogP contribution is -2.22. The van der Waals surface area contributed by atoms with E-state index in [1.165, 1.54) is 26.2 Å². The van der Waals surface area contributed by atoms with Crippen LogP contribution in [0.15, 0.2) is 18.2 Å². The summed E-state index contributed by atoms with van der Waals surface area (Å²) < 4.78 is 36.5. The number of hydrogen-bond donors (Lipinski definition) is 0. The Morgan fingerprint density at radius 1 is 1.32 bits per heavy atom. The van der Waals surface area contributed by atoms with Gasteiger partial charge in [0.15, 0.2) is 0 Å². The molecule has 0 spiro atoms. The number of methoxy groups -OCH3 is 1. The third-order valence-corrected chi connectivity index (χ3v) is 2.39. The molecule has 0 saturated heterocycles. The summed E-state index contributed by atoms with van der Waals surface area (Å²) in [6.07, 6.45) is 0. The SMILES string of the molecule is CCOC(=O)C(=O)c1cccc(OC)c1C(C)(F)F. The summed E-state index contributed by atoms with van der Waals surface area (Å²) in [6, 6.07) is 3.81. The first-order valence-electron chi connectivity index (χ1n) is 5.59. The van der Waals surface area contributed by atoms with E-state index in [0.717, 1.165) is 6.07 Å². The number of ether oxygens (including phenoxy) is 2. The summed E-state index contributed by atoms with van der Waals surface area (Å²) in [6.45, 7) is 2.14. The number of rotatable bonds is 5. The molecule has 6 heteroatoms. The van der Waals surface area contributed by atoms with E-state index >= 15 is 0 Å². The molecule has 0 aliphatic carbocycles. The van der Waals surface area contributed by atoms with Crippen molar-refractivity contribution in [3.63, 3.8) is 0 Å². The fourth-order valence-electron chi connectivity index (χ4n) is 1.65. The van der Waals surface area contributed by atoms with Crippen LogP contribution in [0.3, 0.4) is 0 Å². The second kappa shape index (κ2) is 5.77. The Balaban J connectivity index is 3.36. The number of Topliss-reactive ketones (excluding diaryl/α,β-unsaturated/α-hetero) is 1. The van der Waals surface area contributed by atoms with Crippen LogP contribution in [-0.2, 0) is 15.5 Å². The lowest BCUT2D eigenvalue weighted by Gasteiger charge is -2.18. The maximum Gasteiger partial charge on any atom is 0.379 e. The van der Waals surface area contributed by atoms with Crippen LogP contribution in [0, 0.1) is 0 Å². The van der Waals surface area contributed by atoms with Crippen molar-refractivity contribution in [2.75, 3.05) is 13.7 Å². The van der Waals surface area contributed by atoms with Gasteiger partial charge in [0.1, 0.15) is 5.75 Å². The molecule has 0 unspecified atom stereocenters. The van der Waals surface area contributed by atoms with Crippen LogP contribution in [0.4, 0.5) is 8.78 Å². The van der Waals surface area contributed by atoms with Gasteiger partial charge in [0.2, 0.25) is 0 Å². The van der Waals surface area contributed by atoms with Crippen molar-refractivity contribution in [3.8, 4) is 5.75 Å². The molecule has 0 aliphatic rings. The highest BCUT2D eigenvalue weighted by atomic mass is 19.3. The van der Waals surface area contributed by atoms with Crippen molar-refractivity contribution < 1.29 is 27.8 Å². The largest absolute Gasteiger partial charge is 0.496 e. The van der Waals surface area contributed by atoms with Crippen LogP contribution in [0.2, 0.25) is 0 Å². The van der Waals surface area contributed by atoms with Gasteiger partial charge in [-0.05, 0) is 19.1 Å². The minimum Gasteiger partial charge on any atom is -0.496 e. The molecule has 0 aliphatic heterocycles. The van der Waals surface area contributed by atoms with E-state index in [-0.39, 0.29) is 12.4 Å². The minimum absolute atomic E-state index is 0.00755. The number of esters is 1. The molecule has 1 rings (SSSR count). The predicted molar refractivity (Wildman–Crippen MR) is 63.5 cm³/mol. The maximum atomic E-state index is 13.6. The topological polar surface area (TPSA) is 52.6 Å². The summed E-state index contributed by atoms with van der Waals surface area (Å²) in [5.41, 5.74) is -1.03. The smallest absolute Gasteiger partial charge is 0.379 e. The molecule has 104 valence electrons. The number of alkyl halides is 2. The van der Waals surface area contributed by atoms with Crippen molar-refractivity contribution in [1.29, 1.82) is 0 Å². The fraction of sp³-hybridized carbons (Fsp3) is 0.385. The molecule has 1 aromatic rings. The molecule has 1 aromatic carbocycles. The highest BCUT2D eigenvalue weighted by Gasteiger charge is 2.35. The van der Waals surface area contributed by atoms with E-state index < -0.39 is 28.8 Å². The standard InChI is InChI=1S/C13H14F2O4/c1-4-19-12(17)11(16)8-6-5-7-9(18-3)10(8)13(2,14)15/h5-7H,4H2,1-3H3. The zero-order valence-electron chi connectivity index (χ0n) is 10.8. The molecule has 4 nitrogen and oxygen atoms in total. The van der Waals surface area contributed by atoms with Crippen LogP contribution < -0.4 is 4.74 Å². The first-order valence-corrected chi connectivity index (χ1v) is 5.59. The molecule has 0 radical (unpaired) electrons. The van der Waals surface area contributed by atoms with Gasteiger partial charge in [-0.3, -0.25) is 4.79 Å². The van der Waals surface area contributed by atoms with Gasteiger partial charge in [-0.25, -0.2) is 13.6 Å². The Bertz CT molecular complexity index is 492. The van der Waals surface area contributed by atoms with Crippen LogP contribution in [0.1, 0.15) is 29.8 Å². The summed E-state index contributed by atoms with van der Waals surface area (Å²) >= 11 is 0. The monoisotopic (exact) mass is 272 g/mol. The Morgan fingerprint density at radius 3 is 2.42 bits per heavy atom. The number of halogens is 2. The Hall–Kier alpha value is -1.98. The molecule has 0 amide bonds. The number of ketones is 1. The molecule has 0 fully saturated rings. The quantitative estimate of drug-likeness (QED) is 0.469. The van der Waals surface area contributed by atoms with Gasteiger partial charge in [0, 0.05) is 12.5 Å². The third kappa shape index (κ3) is 3.27. The van der Waals surface area contributed by atoms with Gasteiger partial charge in [-0.1, -0.05) is 6.07 Å². The number of carbonyl (C=O) groups is 2. The lowest BCUT2D eigenvalue weighted by atomic mass is 9.98.